The molecule has 4 heterocycles. The van der Waals surface area contributed by atoms with Crippen LogP contribution in [0, 0.1) is 0 Å². The van der Waals surface area contributed by atoms with Crippen LogP contribution >= 0.6 is 0 Å². The van der Waals surface area contributed by atoms with Gasteiger partial charge in [-0.2, -0.15) is 0 Å². The summed E-state index contributed by atoms with van der Waals surface area (Å²) < 4.78 is 8.82. The third-order valence-corrected chi connectivity index (χ3v) is 6.86. The van der Waals surface area contributed by atoms with Crippen molar-refractivity contribution in [3.05, 3.63) is 103 Å². The van der Waals surface area contributed by atoms with Crippen LogP contribution in [0.4, 0.5) is 0 Å². The molecule has 0 unspecified atom stereocenters. The predicted octanol–water partition coefficient (Wildman–Crippen LogP) is 7.78. The average molecular weight is 435 g/mol. The summed E-state index contributed by atoms with van der Waals surface area (Å²) >= 11 is 0. The zero-order chi connectivity index (χ0) is 22.2. The Kier molecular flexibility index (Phi) is 3.36. The van der Waals surface area contributed by atoms with Crippen LogP contribution in [0.2, 0.25) is 0 Å². The largest absolute Gasteiger partial charge is 0.453 e. The zero-order valence-corrected chi connectivity index (χ0v) is 18.1. The summed E-state index contributed by atoms with van der Waals surface area (Å²) in [5.74, 6) is 0. The molecule has 0 fully saturated rings. The minimum absolute atomic E-state index is 0.781. The van der Waals surface area contributed by atoms with Crippen LogP contribution in [-0.4, -0.2) is 14.5 Å². The monoisotopic (exact) mass is 435 g/mol. The molecule has 34 heavy (non-hydrogen) atoms. The van der Waals surface area contributed by atoms with Crippen molar-refractivity contribution < 1.29 is 4.42 Å². The van der Waals surface area contributed by atoms with Crippen molar-refractivity contribution in [2.45, 2.75) is 0 Å². The molecule has 0 bridgehead atoms. The van der Waals surface area contributed by atoms with Crippen molar-refractivity contribution >= 4 is 65.6 Å². The summed E-state index contributed by atoms with van der Waals surface area (Å²) in [6.07, 6.45) is 3.90. The van der Waals surface area contributed by atoms with E-state index in [1.54, 1.807) is 0 Å². The molecule has 0 aliphatic heterocycles. The van der Waals surface area contributed by atoms with E-state index in [4.69, 9.17) is 14.4 Å². The number of aromatic nitrogens is 3. The zero-order valence-electron chi connectivity index (χ0n) is 18.1. The topological polar surface area (TPSA) is 43.9 Å². The van der Waals surface area contributed by atoms with Gasteiger partial charge in [-0.3, -0.25) is 4.98 Å². The summed E-state index contributed by atoms with van der Waals surface area (Å²) in [6, 6.07) is 31.4. The Morgan fingerprint density at radius 2 is 1.26 bits per heavy atom. The van der Waals surface area contributed by atoms with Crippen LogP contribution in [0.5, 0.6) is 0 Å². The van der Waals surface area contributed by atoms with Gasteiger partial charge in [0, 0.05) is 45.0 Å². The number of furan rings is 1. The molecular formula is C30H17N3O. The van der Waals surface area contributed by atoms with Crippen molar-refractivity contribution in [3.63, 3.8) is 0 Å². The van der Waals surface area contributed by atoms with E-state index in [1.165, 1.54) is 0 Å². The van der Waals surface area contributed by atoms with Crippen LogP contribution in [-0.2, 0) is 0 Å². The predicted molar refractivity (Wildman–Crippen MR) is 139 cm³/mol. The van der Waals surface area contributed by atoms with Crippen LogP contribution in [0.1, 0.15) is 0 Å². The standard InChI is InChI=1S/C30H17N3O/c1-2-9-19(10-3-1)33-25-13-7-6-12-21(25)23-16-32-27-26(28(23)33)31-17-24-22-15-14-18-8-4-5-11-20(18)29(22)34-30(24)27/h1-17H. The molecule has 0 N–H and O–H groups in total. The Morgan fingerprint density at radius 1 is 0.529 bits per heavy atom. The first-order chi connectivity index (χ1) is 16.9. The van der Waals surface area contributed by atoms with Crippen LogP contribution in [0.15, 0.2) is 108 Å². The smallest absolute Gasteiger partial charge is 0.164 e. The van der Waals surface area contributed by atoms with Gasteiger partial charge in [0.15, 0.2) is 5.58 Å². The van der Waals surface area contributed by atoms with Gasteiger partial charge < -0.3 is 8.98 Å². The highest BCUT2D eigenvalue weighted by molar-refractivity contribution is 6.23. The maximum Gasteiger partial charge on any atom is 0.164 e. The van der Waals surface area contributed by atoms with E-state index in [9.17, 15) is 0 Å². The molecule has 0 atom stereocenters. The number of para-hydroxylation sites is 2. The molecule has 0 aliphatic rings. The molecule has 0 amide bonds. The van der Waals surface area contributed by atoms with Gasteiger partial charge in [0.1, 0.15) is 16.6 Å². The number of nitrogens with zero attached hydrogens (tertiary/aromatic N) is 3. The van der Waals surface area contributed by atoms with Crippen molar-refractivity contribution in [2.75, 3.05) is 0 Å². The van der Waals surface area contributed by atoms with Gasteiger partial charge in [-0.05, 0) is 29.7 Å². The molecule has 158 valence electrons. The summed E-state index contributed by atoms with van der Waals surface area (Å²) in [6.45, 7) is 0. The van der Waals surface area contributed by atoms with Gasteiger partial charge in [0.2, 0.25) is 0 Å². The molecule has 0 spiro atoms. The first-order valence-electron chi connectivity index (χ1n) is 11.3. The van der Waals surface area contributed by atoms with E-state index in [0.29, 0.717) is 0 Å². The number of benzene rings is 4. The lowest BCUT2D eigenvalue weighted by molar-refractivity contribution is 0.675. The van der Waals surface area contributed by atoms with Gasteiger partial charge >= 0.3 is 0 Å². The van der Waals surface area contributed by atoms with Gasteiger partial charge in [-0.25, -0.2) is 4.98 Å². The van der Waals surface area contributed by atoms with E-state index in [0.717, 1.165) is 71.2 Å². The quantitative estimate of drug-likeness (QED) is 0.264. The lowest BCUT2D eigenvalue weighted by atomic mass is 10.1. The van der Waals surface area contributed by atoms with Crippen molar-refractivity contribution in [3.8, 4) is 5.69 Å². The molecule has 8 aromatic rings. The lowest BCUT2D eigenvalue weighted by Gasteiger charge is -2.08. The second-order valence-corrected chi connectivity index (χ2v) is 8.67. The van der Waals surface area contributed by atoms with E-state index in [1.807, 2.05) is 24.5 Å². The Hall–Kier alpha value is -4.70. The number of rotatable bonds is 1. The summed E-state index contributed by atoms with van der Waals surface area (Å²) in [4.78, 5) is 9.88. The second-order valence-electron chi connectivity index (χ2n) is 8.67. The summed E-state index contributed by atoms with van der Waals surface area (Å²) in [7, 11) is 0. The minimum Gasteiger partial charge on any atom is -0.453 e. The minimum atomic E-state index is 0.781. The Bertz CT molecular complexity index is 2070. The van der Waals surface area contributed by atoms with Crippen molar-refractivity contribution in [2.24, 2.45) is 0 Å². The third kappa shape index (κ3) is 2.22. The first-order valence-corrected chi connectivity index (χ1v) is 11.3. The number of hydrogen-bond acceptors (Lipinski definition) is 3. The highest BCUT2D eigenvalue weighted by Crippen LogP contribution is 2.40. The summed E-state index contributed by atoms with van der Waals surface area (Å²) in [5.41, 5.74) is 6.56. The number of hydrogen-bond donors (Lipinski definition) is 0. The van der Waals surface area contributed by atoms with E-state index in [2.05, 4.69) is 83.4 Å². The molecule has 4 nitrogen and oxygen atoms in total. The maximum absolute atomic E-state index is 6.54. The highest BCUT2D eigenvalue weighted by Gasteiger charge is 2.20. The van der Waals surface area contributed by atoms with Gasteiger partial charge in [-0.15, -0.1) is 0 Å². The highest BCUT2D eigenvalue weighted by atomic mass is 16.3. The third-order valence-electron chi connectivity index (χ3n) is 6.86. The Morgan fingerprint density at radius 3 is 2.18 bits per heavy atom. The van der Waals surface area contributed by atoms with Crippen molar-refractivity contribution in [1.82, 2.24) is 14.5 Å². The normalized spacial score (nSPS) is 12.1. The fraction of sp³-hybridized carbons (Fsp3) is 0. The van der Waals surface area contributed by atoms with Gasteiger partial charge in [0.25, 0.3) is 0 Å². The maximum atomic E-state index is 6.54. The fourth-order valence-corrected chi connectivity index (χ4v) is 5.34. The van der Waals surface area contributed by atoms with E-state index in [-0.39, 0.29) is 0 Å². The number of pyridine rings is 2. The van der Waals surface area contributed by atoms with Crippen LogP contribution < -0.4 is 0 Å². The van der Waals surface area contributed by atoms with Crippen LogP contribution in [0.25, 0.3) is 71.2 Å². The SMILES string of the molecule is c1ccc(-n2c3ccccc3c3cnc4c(ncc5c6ccc7ccccc7c6oc54)c32)cc1. The number of fused-ring (bicyclic) bond motifs is 11. The molecule has 0 saturated carbocycles. The Labute approximate surface area is 193 Å². The molecule has 4 heteroatoms. The second kappa shape index (κ2) is 6.42. The molecule has 0 aliphatic carbocycles. The average Bonchev–Trinajstić information content (AvgIpc) is 3.45. The molecular weight excluding hydrogens is 418 g/mol. The molecule has 4 aromatic heterocycles. The van der Waals surface area contributed by atoms with Gasteiger partial charge in [0.05, 0.1) is 11.0 Å². The first kappa shape index (κ1) is 17.8. The molecule has 8 rings (SSSR count). The molecule has 0 saturated heterocycles. The summed E-state index contributed by atoms with van der Waals surface area (Å²) in [5, 5.41) is 6.55. The molecule has 0 radical (unpaired) electrons. The van der Waals surface area contributed by atoms with Crippen molar-refractivity contribution in [1.29, 1.82) is 0 Å². The van der Waals surface area contributed by atoms with E-state index >= 15 is 0 Å². The fourth-order valence-electron chi connectivity index (χ4n) is 5.34. The molecule has 4 aromatic carbocycles. The van der Waals surface area contributed by atoms with Gasteiger partial charge in [-0.1, -0.05) is 66.7 Å². The van der Waals surface area contributed by atoms with E-state index < -0.39 is 0 Å². The van der Waals surface area contributed by atoms with Crippen LogP contribution in [0.3, 0.4) is 0 Å². The lowest BCUT2D eigenvalue weighted by Crippen LogP contribution is -1.95. The Balaban J connectivity index is 1.58.